The number of piperidine rings is 1. The monoisotopic (exact) mass is 518 g/mol. The fourth-order valence-electron chi connectivity index (χ4n) is 4.45. The Morgan fingerprint density at radius 1 is 1.16 bits per heavy atom. The first-order valence-electron chi connectivity index (χ1n) is 12.0. The van der Waals surface area contributed by atoms with Crippen molar-refractivity contribution in [3.63, 3.8) is 0 Å². The molecule has 0 bridgehead atoms. The first-order valence-corrected chi connectivity index (χ1v) is 12.0. The van der Waals surface area contributed by atoms with Gasteiger partial charge in [-0.15, -0.1) is 0 Å². The van der Waals surface area contributed by atoms with Crippen LogP contribution in [0.2, 0.25) is 0 Å². The van der Waals surface area contributed by atoms with Gasteiger partial charge in [-0.05, 0) is 42.5 Å². The molecule has 0 aliphatic carbocycles. The molecular formula is C28H27FN4O5. The van der Waals surface area contributed by atoms with Gasteiger partial charge in [-0.2, -0.15) is 0 Å². The molecule has 38 heavy (non-hydrogen) atoms. The van der Waals surface area contributed by atoms with Crippen molar-refractivity contribution in [1.82, 2.24) is 14.9 Å². The average molecular weight is 519 g/mol. The SMILES string of the molecule is C=CC(=O)N1CCC(Oc2cc3c(Nc4cc(-c5ccco5)ccc4OC)ncnc3cc2OC)[C@H](F)C1. The molecule has 2 aromatic heterocycles. The van der Waals surface area contributed by atoms with Gasteiger partial charge in [0.1, 0.15) is 29.8 Å². The lowest BCUT2D eigenvalue weighted by atomic mass is 10.1. The van der Waals surface area contributed by atoms with Gasteiger partial charge in [0.05, 0.1) is 38.2 Å². The number of methoxy groups -OCH3 is 2. The third-order valence-electron chi connectivity index (χ3n) is 6.43. The highest BCUT2D eigenvalue weighted by Crippen LogP contribution is 2.38. The Morgan fingerprint density at radius 2 is 2.00 bits per heavy atom. The fraction of sp³-hybridized carbons (Fsp3) is 0.250. The first-order chi connectivity index (χ1) is 18.5. The molecule has 1 saturated heterocycles. The van der Waals surface area contributed by atoms with Crippen LogP contribution in [0.5, 0.6) is 17.2 Å². The normalized spacial score (nSPS) is 17.2. The standard InChI is InChI=1S/C28H27FN4O5/c1-4-27(34)33-10-9-23(19(29)15-33)38-26-13-18-20(14-25(26)36-3)30-16-31-28(18)32-21-12-17(7-8-24(21)35-2)22-6-5-11-37-22/h4-8,11-14,16,19,23H,1,9-10,15H2,2-3H3,(H,30,31,32)/t19-,23?/m1/s1. The molecule has 3 heterocycles. The van der Waals surface area contributed by atoms with Gasteiger partial charge in [0, 0.05) is 30.0 Å². The number of amides is 1. The highest BCUT2D eigenvalue weighted by atomic mass is 19.1. The zero-order chi connectivity index (χ0) is 26.6. The van der Waals surface area contributed by atoms with Crippen LogP contribution in [-0.4, -0.2) is 60.4 Å². The third-order valence-corrected chi connectivity index (χ3v) is 6.43. The van der Waals surface area contributed by atoms with Crippen LogP contribution in [0.1, 0.15) is 6.42 Å². The summed E-state index contributed by atoms with van der Waals surface area (Å²) in [4.78, 5) is 22.1. The molecule has 1 fully saturated rings. The van der Waals surface area contributed by atoms with Crippen LogP contribution in [0.15, 0.2) is 72.1 Å². The van der Waals surface area contributed by atoms with Crippen molar-refractivity contribution in [3.05, 3.63) is 67.7 Å². The van der Waals surface area contributed by atoms with Crippen molar-refractivity contribution < 1.29 is 27.8 Å². The van der Waals surface area contributed by atoms with Gasteiger partial charge in [-0.25, -0.2) is 14.4 Å². The van der Waals surface area contributed by atoms with Crippen molar-refractivity contribution in [1.29, 1.82) is 0 Å². The number of alkyl halides is 1. The Bertz CT molecular complexity index is 1460. The molecule has 5 rings (SSSR count). The fourth-order valence-corrected chi connectivity index (χ4v) is 4.45. The number of rotatable bonds is 8. The lowest BCUT2D eigenvalue weighted by Gasteiger charge is -2.34. The highest BCUT2D eigenvalue weighted by Gasteiger charge is 2.33. The zero-order valence-corrected chi connectivity index (χ0v) is 21.0. The summed E-state index contributed by atoms with van der Waals surface area (Å²) >= 11 is 0. The summed E-state index contributed by atoms with van der Waals surface area (Å²) in [5.74, 6) is 2.29. The molecule has 10 heteroatoms. The summed E-state index contributed by atoms with van der Waals surface area (Å²) < 4.78 is 37.7. The molecule has 4 aromatic rings. The number of likely N-dealkylation sites (tertiary alicyclic amines) is 1. The largest absolute Gasteiger partial charge is 0.495 e. The van der Waals surface area contributed by atoms with E-state index in [1.54, 1.807) is 25.5 Å². The molecule has 0 saturated carbocycles. The van der Waals surface area contributed by atoms with Gasteiger partial charge in [-0.3, -0.25) is 4.79 Å². The minimum Gasteiger partial charge on any atom is -0.495 e. The number of hydrogen-bond acceptors (Lipinski definition) is 8. The van der Waals surface area contributed by atoms with E-state index < -0.39 is 12.3 Å². The Kier molecular flexibility index (Phi) is 7.12. The van der Waals surface area contributed by atoms with Gasteiger partial charge >= 0.3 is 0 Å². The molecule has 0 radical (unpaired) electrons. The van der Waals surface area contributed by atoms with E-state index in [1.165, 1.54) is 24.4 Å². The average Bonchev–Trinajstić information content (AvgIpc) is 3.49. The predicted octanol–water partition coefficient (Wildman–Crippen LogP) is 5.15. The van der Waals surface area contributed by atoms with Crippen LogP contribution in [0.25, 0.3) is 22.2 Å². The minimum absolute atomic E-state index is 0.0624. The summed E-state index contributed by atoms with van der Waals surface area (Å²) in [6.45, 7) is 3.78. The number of nitrogens with one attached hydrogen (secondary N) is 1. The van der Waals surface area contributed by atoms with E-state index in [2.05, 4.69) is 21.9 Å². The van der Waals surface area contributed by atoms with Crippen molar-refractivity contribution in [2.45, 2.75) is 18.7 Å². The second kappa shape index (κ2) is 10.8. The van der Waals surface area contributed by atoms with Crippen LogP contribution >= 0.6 is 0 Å². The molecule has 1 aliphatic rings. The second-order valence-corrected chi connectivity index (χ2v) is 8.71. The second-order valence-electron chi connectivity index (χ2n) is 8.71. The van der Waals surface area contributed by atoms with E-state index in [0.29, 0.717) is 58.4 Å². The van der Waals surface area contributed by atoms with Gasteiger partial charge in [0.15, 0.2) is 17.7 Å². The van der Waals surface area contributed by atoms with Gasteiger partial charge in [0.2, 0.25) is 5.91 Å². The molecular weight excluding hydrogens is 491 g/mol. The van der Waals surface area contributed by atoms with Gasteiger partial charge in [-0.1, -0.05) is 6.58 Å². The lowest BCUT2D eigenvalue weighted by molar-refractivity contribution is -0.129. The number of nitrogens with zero attached hydrogens (tertiary/aromatic N) is 3. The summed E-state index contributed by atoms with van der Waals surface area (Å²) in [7, 11) is 3.10. The number of anilines is 2. The molecule has 2 atom stereocenters. The van der Waals surface area contributed by atoms with Crippen LogP contribution in [0, 0.1) is 0 Å². The van der Waals surface area contributed by atoms with Crippen LogP contribution < -0.4 is 19.5 Å². The van der Waals surface area contributed by atoms with E-state index in [1.807, 2.05) is 30.3 Å². The predicted molar refractivity (Wildman–Crippen MR) is 141 cm³/mol. The molecule has 1 N–H and O–H groups in total. The zero-order valence-electron chi connectivity index (χ0n) is 21.0. The van der Waals surface area contributed by atoms with Crippen LogP contribution in [-0.2, 0) is 4.79 Å². The summed E-state index contributed by atoms with van der Waals surface area (Å²) in [5.41, 5.74) is 2.14. The number of benzene rings is 2. The number of ether oxygens (including phenoxy) is 3. The third kappa shape index (κ3) is 4.97. The van der Waals surface area contributed by atoms with E-state index in [0.717, 1.165) is 5.56 Å². The summed E-state index contributed by atoms with van der Waals surface area (Å²) in [6, 6.07) is 12.8. The minimum atomic E-state index is -1.37. The number of hydrogen-bond donors (Lipinski definition) is 1. The van der Waals surface area contributed by atoms with Crippen molar-refractivity contribution >= 4 is 28.3 Å². The van der Waals surface area contributed by atoms with Crippen molar-refractivity contribution in [3.8, 4) is 28.6 Å². The first kappa shape index (κ1) is 25.1. The van der Waals surface area contributed by atoms with Gasteiger partial charge in [0.25, 0.3) is 0 Å². The van der Waals surface area contributed by atoms with Crippen LogP contribution in [0.4, 0.5) is 15.9 Å². The Balaban J connectivity index is 1.47. The smallest absolute Gasteiger partial charge is 0.246 e. The molecule has 1 unspecified atom stereocenters. The van der Waals surface area contributed by atoms with E-state index >= 15 is 0 Å². The summed E-state index contributed by atoms with van der Waals surface area (Å²) in [5, 5.41) is 3.97. The number of furan rings is 1. The maximum absolute atomic E-state index is 15.0. The van der Waals surface area contributed by atoms with Gasteiger partial charge < -0.3 is 28.8 Å². The maximum atomic E-state index is 15.0. The van der Waals surface area contributed by atoms with E-state index in [-0.39, 0.29) is 12.5 Å². The Hall–Kier alpha value is -4.60. The van der Waals surface area contributed by atoms with Crippen LogP contribution in [0.3, 0.4) is 0 Å². The number of carbonyl (C=O) groups excluding carboxylic acids is 1. The maximum Gasteiger partial charge on any atom is 0.246 e. The number of halogens is 1. The van der Waals surface area contributed by atoms with Crippen molar-refractivity contribution in [2.24, 2.45) is 0 Å². The quantitative estimate of drug-likeness (QED) is 0.320. The molecule has 196 valence electrons. The highest BCUT2D eigenvalue weighted by molar-refractivity contribution is 5.93. The van der Waals surface area contributed by atoms with E-state index in [9.17, 15) is 9.18 Å². The molecule has 2 aromatic carbocycles. The number of carbonyl (C=O) groups is 1. The molecule has 1 amide bonds. The number of fused-ring (bicyclic) bond motifs is 1. The molecule has 1 aliphatic heterocycles. The Morgan fingerprint density at radius 3 is 2.71 bits per heavy atom. The van der Waals surface area contributed by atoms with E-state index in [4.69, 9.17) is 18.6 Å². The topological polar surface area (TPSA) is 99.0 Å². The lowest BCUT2D eigenvalue weighted by Crippen LogP contribution is -2.48. The molecule has 0 spiro atoms. The van der Waals surface area contributed by atoms with Crippen molar-refractivity contribution in [2.75, 3.05) is 32.6 Å². The Labute approximate surface area is 218 Å². The molecule has 9 nitrogen and oxygen atoms in total. The summed E-state index contributed by atoms with van der Waals surface area (Å²) in [6.07, 6.45) is 2.45. The number of aromatic nitrogens is 2.